The number of methoxy groups -OCH3 is 1. The minimum atomic E-state index is -0.454. The number of hydrogen-bond acceptors (Lipinski definition) is 7. The highest BCUT2D eigenvalue weighted by Crippen LogP contribution is 2.37. The standard InChI is InChI=1S/C21H18BrN3O6/c1-30-20-10-15(12-23-16-3-2-4-18(11-16)25(28)29)9-19(22)21(20)31-13-14-5-7-17(8-6-14)24(26)27/h2-11,23H,12-13H2,1H3. The van der Waals surface area contributed by atoms with Gasteiger partial charge in [-0.25, -0.2) is 0 Å². The Hall–Kier alpha value is -3.66. The molecular weight excluding hydrogens is 470 g/mol. The maximum Gasteiger partial charge on any atom is 0.271 e. The van der Waals surface area contributed by atoms with Crippen LogP contribution in [0, 0.1) is 20.2 Å². The van der Waals surface area contributed by atoms with E-state index >= 15 is 0 Å². The third-order valence-electron chi connectivity index (χ3n) is 4.37. The van der Waals surface area contributed by atoms with Crippen LogP contribution in [0.3, 0.4) is 0 Å². The molecule has 3 aromatic rings. The number of nitro groups is 2. The highest BCUT2D eigenvalue weighted by molar-refractivity contribution is 9.10. The first-order valence-corrected chi connectivity index (χ1v) is 9.87. The summed E-state index contributed by atoms with van der Waals surface area (Å²) in [6.07, 6.45) is 0. The first-order chi connectivity index (χ1) is 14.9. The Labute approximate surface area is 186 Å². The number of nitrogens with one attached hydrogen (secondary N) is 1. The maximum absolute atomic E-state index is 10.9. The largest absolute Gasteiger partial charge is 0.493 e. The summed E-state index contributed by atoms with van der Waals surface area (Å²) in [4.78, 5) is 20.8. The summed E-state index contributed by atoms with van der Waals surface area (Å²) in [5, 5.41) is 24.8. The van der Waals surface area contributed by atoms with Gasteiger partial charge in [0.25, 0.3) is 11.4 Å². The van der Waals surface area contributed by atoms with Gasteiger partial charge in [-0.3, -0.25) is 20.2 Å². The minimum Gasteiger partial charge on any atom is -0.493 e. The molecule has 3 aromatic carbocycles. The molecular formula is C21H18BrN3O6. The van der Waals surface area contributed by atoms with Crippen molar-refractivity contribution < 1.29 is 19.3 Å². The van der Waals surface area contributed by atoms with Crippen LogP contribution in [0.4, 0.5) is 17.1 Å². The van der Waals surface area contributed by atoms with Gasteiger partial charge in [-0.15, -0.1) is 0 Å². The average molecular weight is 488 g/mol. The molecule has 160 valence electrons. The minimum absolute atomic E-state index is 0.0127. The van der Waals surface area contributed by atoms with Crippen LogP contribution in [-0.4, -0.2) is 17.0 Å². The predicted octanol–water partition coefficient (Wildman–Crippen LogP) is 5.47. The zero-order valence-electron chi connectivity index (χ0n) is 16.4. The van der Waals surface area contributed by atoms with Crippen LogP contribution in [0.5, 0.6) is 11.5 Å². The van der Waals surface area contributed by atoms with E-state index in [0.29, 0.717) is 28.2 Å². The SMILES string of the molecule is COc1cc(CNc2cccc([N+](=O)[O-])c2)cc(Br)c1OCc1ccc([N+](=O)[O-])cc1. The van der Waals surface area contributed by atoms with Gasteiger partial charge < -0.3 is 14.8 Å². The summed E-state index contributed by atoms with van der Waals surface area (Å²) in [5.74, 6) is 1.01. The fourth-order valence-electron chi connectivity index (χ4n) is 2.82. The van der Waals surface area contributed by atoms with E-state index in [1.54, 1.807) is 30.3 Å². The van der Waals surface area contributed by atoms with Crippen LogP contribution in [-0.2, 0) is 13.2 Å². The molecule has 0 amide bonds. The van der Waals surface area contributed by atoms with Crippen molar-refractivity contribution in [3.63, 3.8) is 0 Å². The van der Waals surface area contributed by atoms with Gasteiger partial charge >= 0.3 is 0 Å². The van der Waals surface area contributed by atoms with E-state index in [1.165, 1.54) is 31.4 Å². The van der Waals surface area contributed by atoms with Gasteiger partial charge in [0.2, 0.25) is 0 Å². The summed E-state index contributed by atoms with van der Waals surface area (Å²) >= 11 is 3.49. The number of non-ortho nitro benzene ring substituents is 2. The molecule has 0 aliphatic carbocycles. The number of halogens is 1. The van der Waals surface area contributed by atoms with Crippen LogP contribution < -0.4 is 14.8 Å². The van der Waals surface area contributed by atoms with Gasteiger partial charge in [0.15, 0.2) is 11.5 Å². The average Bonchev–Trinajstić information content (AvgIpc) is 2.77. The second kappa shape index (κ2) is 9.90. The van der Waals surface area contributed by atoms with Crippen molar-refractivity contribution in [3.05, 3.63) is 96.5 Å². The van der Waals surface area contributed by atoms with Crippen molar-refractivity contribution in [2.75, 3.05) is 12.4 Å². The zero-order valence-corrected chi connectivity index (χ0v) is 18.0. The smallest absolute Gasteiger partial charge is 0.271 e. The van der Waals surface area contributed by atoms with Crippen molar-refractivity contribution in [1.82, 2.24) is 0 Å². The van der Waals surface area contributed by atoms with E-state index in [4.69, 9.17) is 9.47 Å². The first-order valence-electron chi connectivity index (χ1n) is 9.08. The van der Waals surface area contributed by atoms with Crippen molar-refractivity contribution in [2.45, 2.75) is 13.2 Å². The molecule has 0 fully saturated rings. The second-order valence-corrected chi connectivity index (χ2v) is 7.34. The molecule has 0 bridgehead atoms. The molecule has 1 N–H and O–H groups in total. The number of benzene rings is 3. The third-order valence-corrected chi connectivity index (χ3v) is 4.96. The lowest BCUT2D eigenvalue weighted by Crippen LogP contribution is -2.03. The Morgan fingerprint density at radius 1 is 0.935 bits per heavy atom. The predicted molar refractivity (Wildman–Crippen MR) is 119 cm³/mol. The molecule has 0 spiro atoms. The van der Waals surface area contributed by atoms with Crippen molar-refractivity contribution in [2.24, 2.45) is 0 Å². The molecule has 3 rings (SSSR count). The number of hydrogen-bond donors (Lipinski definition) is 1. The topological polar surface area (TPSA) is 117 Å². The highest BCUT2D eigenvalue weighted by atomic mass is 79.9. The molecule has 0 aliphatic rings. The van der Waals surface area contributed by atoms with E-state index in [9.17, 15) is 20.2 Å². The van der Waals surface area contributed by atoms with E-state index in [2.05, 4.69) is 21.2 Å². The summed E-state index contributed by atoms with van der Waals surface area (Å²) in [5.41, 5.74) is 2.30. The lowest BCUT2D eigenvalue weighted by molar-refractivity contribution is -0.385. The molecule has 0 aliphatic heterocycles. The lowest BCUT2D eigenvalue weighted by atomic mass is 10.2. The van der Waals surface area contributed by atoms with Crippen LogP contribution in [0.25, 0.3) is 0 Å². The Kier molecular flexibility index (Phi) is 7.03. The van der Waals surface area contributed by atoms with E-state index in [0.717, 1.165) is 11.1 Å². The molecule has 10 heteroatoms. The highest BCUT2D eigenvalue weighted by Gasteiger charge is 2.13. The Morgan fingerprint density at radius 3 is 2.29 bits per heavy atom. The van der Waals surface area contributed by atoms with Gasteiger partial charge in [-0.05, 0) is 57.4 Å². The van der Waals surface area contributed by atoms with Crippen LogP contribution in [0.2, 0.25) is 0 Å². The summed E-state index contributed by atoms with van der Waals surface area (Å²) in [7, 11) is 1.53. The molecule has 0 saturated carbocycles. The first kappa shape index (κ1) is 22.0. The van der Waals surface area contributed by atoms with Gasteiger partial charge in [0.05, 0.1) is 21.4 Å². The Morgan fingerprint density at radius 2 is 1.65 bits per heavy atom. The number of rotatable bonds is 9. The maximum atomic E-state index is 10.9. The third kappa shape index (κ3) is 5.70. The molecule has 0 aromatic heterocycles. The van der Waals surface area contributed by atoms with E-state index in [-0.39, 0.29) is 18.0 Å². The fraction of sp³-hybridized carbons (Fsp3) is 0.143. The summed E-state index contributed by atoms with van der Waals surface area (Å²) in [6, 6.07) is 16.0. The quantitative estimate of drug-likeness (QED) is 0.314. The zero-order chi connectivity index (χ0) is 22.4. The summed E-state index contributed by atoms with van der Waals surface area (Å²) < 4.78 is 12.0. The molecule has 0 atom stereocenters. The van der Waals surface area contributed by atoms with Crippen molar-refractivity contribution in [1.29, 1.82) is 0 Å². The lowest BCUT2D eigenvalue weighted by Gasteiger charge is -2.15. The molecule has 31 heavy (non-hydrogen) atoms. The van der Waals surface area contributed by atoms with Gasteiger partial charge in [0, 0.05) is 36.5 Å². The molecule has 0 unspecified atom stereocenters. The van der Waals surface area contributed by atoms with E-state index in [1.807, 2.05) is 6.07 Å². The molecule has 0 heterocycles. The number of nitro benzene ring substituents is 2. The number of ether oxygens (including phenoxy) is 2. The Balaban J connectivity index is 1.70. The van der Waals surface area contributed by atoms with Gasteiger partial charge in [-0.2, -0.15) is 0 Å². The van der Waals surface area contributed by atoms with Crippen LogP contribution in [0.1, 0.15) is 11.1 Å². The molecule has 0 radical (unpaired) electrons. The van der Waals surface area contributed by atoms with E-state index < -0.39 is 9.85 Å². The molecule has 0 saturated heterocycles. The Bertz CT molecular complexity index is 1100. The monoisotopic (exact) mass is 487 g/mol. The number of nitrogens with zero attached hydrogens (tertiary/aromatic N) is 2. The normalized spacial score (nSPS) is 10.4. The summed E-state index contributed by atoms with van der Waals surface area (Å²) in [6.45, 7) is 0.622. The fourth-order valence-corrected chi connectivity index (χ4v) is 3.42. The van der Waals surface area contributed by atoms with Crippen LogP contribution >= 0.6 is 15.9 Å². The van der Waals surface area contributed by atoms with Crippen molar-refractivity contribution in [3.8, 4) is 11.5 Å². The van der Waals surface area contributed by atoms with Crippen LogP contribution in [0.15, 0.2) is 65.1 Å². The molecule has 9 nitrogen and oxygen atoms in total. The van der Waals surface area contributed by atoms with Gasteiger partial charge in [-0.1, -0.05) is 6.07 Å². The number of anilines is 1. The van der Waals surface area contributed by atoms with Crippen molar-refractivity contribution >= 4 is 33.0 Å². The van der Waals surface area contributed by atoms with Gasteiger partial charge in [0.1, 0.15) is 6.61 Å². The second-order valence-electron chi connectivity index (χ2n) is 6.48.